The van der Waals surface area contributed by atoms with Crippen molar-refractivity contribution < 1.29 is 22.7 Å². The van der Waals surface area contributed by atoms with Gasteiger partial charge in [-0.05, 0) is 50.4 Å². The van der Waals surface area contributed by atoms with Gasteiger partial charge in [-0.15, -0.1) is 0 Å². The van der Waals surface area contributed by atoms with Crippen molar-refractivity contribution in [2.45, 2.75) is 92.6 Å². The van der Waals surface area contributed by atoms with Crippen LogP contribution in [0.3, 0.4) is 0 Å². The van der Waals surface area contributed by atoms with E-state index in [1.165, 1.54) is 0 Å². The SMILES string of the molecule is CC[C@@H]1OC(C)C(C)C1C.CC[C@@H]1O[C@H](C)C(C)C1C.II.I[I-]I. The Kier molecular flexibility index (Phi) is 22.6. The van der Waals surface area contributed by atoms with Crippen LogP contribution in [0.5, 0.6) is 0 Å². The van der Waals surface area contributed by atoms with Crippen LogP contribution in [0.15, 0.2) is 0 Å². The van der Waals surface area contributed by atoms with E-state index in [9.17, 15) is 0 Å². The maximum atomic E-state index is 5.73. The average Bonchev–Trinajstić information content (AvgIpc) is 3.02. The third kappa shape index (κ3) is 11.5. The van der Waals surface area contributed by atoms with E-state index in [-0.39, 0.29) is 0 Å². The fourth-order valence-corrected chi connectivity index (χ4v) is 3.52. The molecule has 0 N–H and O–H groups in total. The molecule has 25 heavy (non-hydrogen) atoms. The van der Waals surface area contributed by atoms with Crippen LogP contribution in [0, 0.1) is 23.7 Å². The molecule has 2 heterocycles. The summed E-state index contributed by atoms with van der Waals surface area (Å²) in [6.07, 6.45) is 4.31. The molecule has 0 spiro atoms. The van der Waals surface area contributed by atoms with E-state index in [1.807, 2.05) is 0 Å². The normalized spacial score (nSPS) is 39.5. The molecular formula is C18H36I5O2-. The minimum atomic E-state index is 0.472. The van der Waals surface area contributed by atoms with E-state index in [0.29, 0.717) is 37.7 Å². The van der Waals surface area contributed by atoms with Crippen molar-refractivity contribution in [1.82, 2.24) is 0 Å². The Morgan fingerprint density at radius 3 is 0.960 bits per heavy atom. The third-order valence-corrected chi connectivity index (χ3v) is 5.90. The van der Waals surface area contributed by atoms with E-state index >= 15 is 0 Å². The molecule has 2 aliphatic rings. The van der Waals surface area contributed by atoms with Gasteiger partial charge in [0.1, 0.15) is 0 Å². The monoisotopic (exact) mass is 919 g/mol. The second-order valence-corrected chi connectivity index (χ2v) is 23.3. The van der Waals surface area contributed by atoms with Crippen LogP contribution in [0.4, 0.5) is 0 Å². The van der Waals surface area contributed by atoms with Crippen LogP contribution in [0.1, 0.15) is 68.2 Å². The van der Waals surface area contributed by atoms with Crippen LogP contribution >= 0.6 is 74.5 Å². The van der Waals surface area contributed by atoms with Crippen molar-refractivity contribution >= 4 is 74.5 Å². The van der Waals surface area contributed by atoms with Crippen molar-refractivity contribution in [2.75, 3.05) is 0 Å². The van der Waals surface area contributed by atoms with Crippen LogP contribution in [-0.2, 0) is 9.47 Å². The van der Waals surface area contributed by atoms with Gasteiger partial charge in [0, 0.05) is 37.2 Å². The van der Waals surface area contributed by atoms with Gasteiger partial charge in [0.15, 0.2) is 0 Å². The van der Waals surface area contributed by atoms with Crippen molar-refractivity contribution in [3.8, 4) is 0 Å². The Hall–Kier alpha value is 3.57. The van der Waals surface area contributed by atoms with Gasteiger partial charge in [0.25, 0.3) is 0 Å². The first-order valence-electron chi connectivity index (χ1n) is 9.07. The summed E-state index contributed by atoms with van der Waals surface area (Å²) < 4.78 is 11.5. The second-order valence-electron chi connectivity index (χ2n) is 7.07. The molecule has 8 atom stereocenters. The third-order valence-electron chi connectivity index (χ3n) is 5.90. The quantitative estimate of drug-likeness (QED) is 0.344. The van der Waals surface area contributed by atoms with E-state index in [1.54, 1.807) is 0 Å². The number of ether oxygens (including phenoxy) is 2. The van der Waals surface area contributed by atoms with E-state index in [4.69, 9.17) is 9.47 Å². The van der Waals surface area contributed by atoms with Gasteiger partial charge in [0.2, 0.25) is 0 Å². The molecule has 0 aromatic rings. The molecule has 0 saturated carbocycles. The van der Waals surface area contributed by atoms with Gasteiger partial charge in [-0.2, -0.15) is 0 Å². The first kappa shape index (κ1) is 30.8. The standard InChI is InChI=1S/2C9H18O.I3.I2/c2*1-5-9-7(3)6(2)8(4)10-9;1-3-2;1-2/h2*6-9H,5H2,1-4H3;;/q;;-1;/t6?,7?,8?,9-;6?,7?,8-,9+;;/m01../s1. The predicted octanol–water partition coefficient (Wildman–Crippen LogP) is 5.46. The molecule has 7 heteroatoms. The van der Waals surface area contributed by atoms with Crippen LogP contribution < -0.4 is 13.3 Å². The van der Waals surface area contributed by atoms with Crippen LogP contribution in [0.25, 0.3) is 0 Å². The average molecular weight is 919 g/mol. The van der Waals surface area contributed by atoms with Gasteiger partial charge in [-0.25, -0.2) is 0 Å². The van der Waals surface area contributed by atoms with Gasteiger partial charge < -0.3 is 9.47 Å². The van der Waals surface area contributed by atoms with E-state index < -0.39 is 0 Å². The number of hydrogen-bond donors (Lipinski definition) is 0. The summed E-state index contributed by atoms with van der Waals surface area (Å²) in [5, 5.41) is 0. The number of rotatable bonds is 2. The van der Waals surface area contributed by atoms with Gasteiger partial charge in [-0.1, -0.05) is 41.5 Å². The molecule has 0 aromatic heterocycles. The Balaban J connectivity index is 0. The first-order chi connectivity index (χ1) is 11.7. The second kappa shape index (κ2) is 18.3. The zero-order valence-electron chi connectivity index (χ0n) is 16.7. The van der Waals surface area contributed by atoms with Crippen molar-refractivity contribution in [2.24, 2.45) is 23.7 Å². The van der Waals surface area contributed by atoms with Crippen LogP contribution in [-0.4, -0.2) is 24.4 Å². The summed E-state index contributed by atoms with van der Waals surface area (Å²) >= 11 is 9.54. The molecule has 0 aromatic carbocycles. The zero-order valence-corrected chi connectivity index (χ0v) is 27.5. The van der Waals surface area contributed by atoms with E-state index in [0.717, 1.165) is 36.5 Å². The first-order valence-corrected chi connectivity index (χ1v) is 27.9. The number of halogens is 5. The molecule has 2 nitrogen and oxygen atoms in total. The summed E-state index contributed by atoms with van der Waals surface area (Å²) in [6.45, 7) is 17.9. The van der Waals surface area contributed by atoms with Gasteiger partial charge in [-0.3, -0.25) is 0 Å². The van der Waals surface area contributed by atoms with Crippen LogP contribution in [0.2, 0.25) is 0 Å². The van der Waals surface area contributed by atoms with Gasteiger partial charge in [0.05, 0.1) is 24.4 Å². The fourth-order valence-electron chi connectivity index (χ4n) is 3.52. The Labute approximate surface area is 210 Å². The molecule has 0 aliphatic carbocycles. The minimum absolute atomic E-state index is 0.472. The molecular weight excluding hydrogens is 883 g/mol. The molecule has 156 valence electrons. The van der Waals surface area contributed by atoms with Crippen molar-refractivity contribution in [3.05, 3.63) is 0 Å². The number of hydrogen-bond acceptors (Lipinski definition) is 2. The molecule has 0 bridgehead atoms. The Morgan fingerprint density at radius 1 is 0.640 bits per heavy atom. The van der Waals surface area contributed by atoms with Crippen molar-refractivity contribution in [3.63, 3.8) is 0 Å². The summed E-state index contributed by atoms with van der Waals surface area (Å²) in [5.74, 6) is 2.98. The Bertz CT molecular complexity index is 281. The predicted molar refractivity (Wildman–Crippen MR) is 142 cm³/mol. The molecule has 0 amide bonds. The molecule has 2 fully saturated rings. The topological polar surface area (TPSA) is 18.5 Å². The summed E-state index contributed by atoms with van der Waals surface area (Å²) in [6, 6.07) is 0. The zero-order chi connectivity index (χ0) is 20.2. The molecule has 0 radical (unpaired) electrons. The van der Waals surface area contributed by atoms with E-state index in [2.05, 4.69) is 130 Å². The molecule has 2 saturated heterocycles. The maximum absolute atomic E-state index is 5.73. The summed E-state index contributed by atoms with van der Waals surface area (Å²) in [4.78, 5) is 0. The summed E-state index contributed by atoms with van der Waals surface area (Å²) in [7, 11) is 0. The molecule has 5 unspecified atom stereocenters. The molecule has 2 aliphatic heterocycles. The summed E-state index contributed by atoms with van der Waals surface area (Å²) in [5.41, 5.74) is 0. The van der Waals surface area contributed by atoms with Crippen molar-refractivity contribution in [1.29, 1.82) is 0 Å². The van der Waals surface area contributed by atoms with Gasteiger partial charge >= 0.3 is 50.5 Å². The fraction of sp³-hybridized carbons (Fsp3) is 1.00. The molecule has 2 rings (SSSR count). The Morgan fingerprint density at radius 2 is 0.880 bits per heavy atom.